The lowest BCUT2D eigenvalue weighted by Crippen LogP contribution is -2.29. The summed E-state index contributed by atoms with van der Waals surface area (Å²) in [6.07, 6.45) is 1.21. The Kier molecular flexibility index (Phi) is 2.84. The van der Waals surface area contributed by atoms with Crippen LogP contribution in [0.2, 0.25) is 0 Å². The molecule has 0 atom stereocenters. The summed E-state index contributed by atoms with van der Waals surface area (Å²) in [4.78, 5) is 0. The van der Waals surface area contributed by atoms with Gasteiger partial charge in [-0.3, -0.25) is 0 Å². The van der Waals surface area contributed by atoms with Crippen molar-refractivity contribution in [3.63, 3.8) is 0 Å². The first-order chi connectivity index (χ1) is 5.74. The van der Waals surface area contributed by atoms with Crippen LogP contribution >= 0.6 is 0 Å². The number of hydrogen-bond acceptors (Lipinski definition) is 4. The topological polar surface area (TPSA) is 73.1 Å². The summed E-state index contributed by atoms with van der Waals surface area (Å²) in [6, 6.07) is 6.42. The van der Waals surface area contributed by atoms with Crippen molar-refractivity contribution in [3.05, 3.63) is 29.8 Å². The minimum absolute atomic E-state index is 0.368. The summed E-state index contributed by atoms with van der Waals surface area (Å²) in [6.45, 7) is 0. The Hall–Kier alpha value is -1.33. The first-order valence-corrected chi connectivity index (χ1v) is 3.37. The molecule has 1 aromatic rings. The SMILES string of the molecule is O/N=C\c1cccc(B(O)O)c1. The Labute approximate surface area is 69.9 Å². The number of hydrogen-bond donors (Lipinski definition) is 3. The molecule has 1 rings (SSSR count). The molecule has 12 heavy (non-hydrogen) atoms. The van der Waals surface area contributed by atoms with E-state index < -0.39 is 7.12 Å². The number of benzene rings is 1. The summed E-state index contributed by atoms with van der Waals surface area (Å²) in [7, 11) is -1.49. The van der Waals surface area contributed by atoms with Gasteiger partial charge in [-0.2, -0.15) is 0 Å². The van der Waals surface area contributed by atoms with Crippen molar-refractivity contribution in [3.8, 4) is 0 Å². The first-order valence-electron chi connectivity index (χ1n) is 3.37. The van der Waals surface area contributed by atoms with Gasteiger partial charge in [-0.1, -0.05) is 29.4 Å². The van der Waals surface area contributed by atoms with E-state index in [-0.39, 0.29) is 0 Å². The zero-order valence-electron chi connectivity index (χ0n) is 6.25. The molecule has 0 saturated carbocycles. The van der Waals surface area contributed by atoms with Gasteiger partial charge in [0.2, 0.25) is 0 Å². The highest BCUT2D eigenvalue weighted by Crippen LogP contribution is 1.92. The minimum atomic E-state index is -1.49. The van der Waals surface area contributed by atoms with Crippen LogP contribution in [-0.4, -0.2) is 28.6 Å². The molecule has 0 saturated heterocycles. The number of oxime groups is 1. The van der Waals surface area contributed by atoms with E-state index in [9.17, 15) is 0 Å². The quantitative estimate of drug-likeness (QED) is 0.232. The summed E-state index contributed by atoms with van der Waals surface area (Å²) >= 11 is 0. The van der Waals surface area contributed by atoms with Gasteiger partial charge in [0.1, 0.15) is 0 Å². The second-order valence-electron chi connectivity index (χ2n) is 2.29. The van der Waals surface area contributed by atoms with Gasteiger partial charge in [0.15, 0.2) is 0 Å². The molecule has 0 aliphatic carbocycles. The molecule has 5 heteroatoms. The fraction of sp³-hybridized carbons (Fsp3) is 0. The van der Waals surface area contributed by atoms with E-state index in [0.29, 0.717) is 11.0 Å². The first kappa shape index (κ1) is 8.77. The monoisotopic (exact) mass is 165 g/mol. The third-order valence-corrected chi connectivity index (χ3v) is 1.42. The summed E-state index contributed by atoms with van der Waals surface area (Å²) in [5, 5.41) is 28.5. The summed E-state index contributed by atoms with van der Waals surface area (Å²) in [5.74, 6) is 0. The van der Waals surface area contributed by atoms with E-state index >= 15 is 0 Å². The van der Waals surface area contributed by atoms with Crippen LogP contribution in [0.15, 0.2) is 29.4 Å². The molecule has 0 aromatic heterocycles. The third-order valence-electron chi connectivity index (χ3n) is 1.42. The second kappa shape index (κ2) is 3.89. The van der Waals surface area contributed by atoms with Gasteiger partial charge in [0.05, 0.1) is 6.21 Å². The maximum atomic E-state index is 8.76. The van der Waals surface area contributed by atoms with Gasteiger partial charge in [0.25, 0.3) is 0 Å². The molecule has 0 radical (unpaired) electrons. The van der Waals surface area contributed by atoms with Crippen LogP contribution < -0.4 is 5.46 Å². The molecule has 62 valence electrons. The highest BCUT2D eigenvalue weighted by atomic mass is 16.4. The van der Waals surface area contributed by atoms with Gasteiger partial charge in [-0.25, -0.2) is 0 Å². The molecule has 1 aromatic carbocycles. The molecule has 0 unspecified atom stereocenters. The molecule has 3 N–H and O–H groups in total. The van der Waals surface area contributed by atoms with Crippen molar-refractivity contribution in [2.24, 2.45) is 5.16 Å². The Morgan fingerprint density at radius 3 is 2.67 bits per heavy atom. The Balaban J connectivity index is 2.95. The third kappa shape index (κ3) is 2.08. The average Bonchev–Trinajstić information content (AvgIpc) is 2.05. The van der Waals surface area contributed by atoms with Crippen LogP contribution in [0.3, 0.4) is 0 Å². The van der Waals surface area contributed by atoms with Crippen molar-refractivity contribution in [1.82, 2.24) is 0 Å². The largest absolute Gasteiger partial charge is 0.488 e. The maximum Gasteiger partial charge on any atom is 0.488 e. The number of rotatable bonds is 2. The molecule has 0 fully saturated rings. The summed E-state index contributed by atoms with van der Waals surface area (Å²) < 4.78 is 0. The van der Waals surface area contributed by atoms with Crippen LogP contribution in [0.25, 0.3) is 0 Å². The normalized spacial score (nSPS) is 10.5. The van der Waals surface area contributed by atoms with Crippen LogP contribution in [0.4, 0.5) is 0 Å². The smallest absolute Gasteiger partial charge is 0.423 e. The van der Waals surface area contributed by atoms with Crippen molar-refractivity contribution in [1.29, 1.82) is 0 Å². The number of nitrogens with zero attached hydrogens (tertiary/aromatic N) is 1. The molecule has 4 nitrogen and oxygen atoms in total. The molecule has 0 heterocycles. The van der Waals surface area contributed by atoms with Crippen LogP contribution in [-0.2, 0) is 0 Å². The van der Waals surface area contributed by atoms with Crippen molar-refractivity contribution in [2.75, 3.05) is 0 Å². The summed E-state index contributed by atoms with van der Waals surface area (Å²) in [5.41, 5.74) is 0.982. The lowest BCUT2D eigenvalue weighted by atomic mass is 9.80. The zero-order chi connectivity index (χ0) is 8.97. The Morgan fingerprint density at radius 1 is 1.33 bits per heavy atom. The molecule has 0 aliphatic rings. The molecule has 0 spiro atoms. The lowest BCUT2D eigenvalue weighted by Gasteiger charge is -1.98. The van der Waals surface area contributed by atoms with Crippen LogP contribution in [0, 0.1) is 0 Å². The lowest BCUT2D eigenvalue weighted by molar-refractivity contribution is 0.322. The molecular weight excluding hydrogens is 157 g/mol. The maximum absolute atomic E-state index is 8.76. The van der Waals surface area contributed by atoms with Crippen molar-refractivity contribution < 1.29 is 15.3 Å². The van der Waals surface area contributed by atoms with E-state index in [0.717, 1.165) is 0 Å². The van der Waals surface area contributed by atoms with Gasteiger partial charge < -0.3 is 15.3 Å². The fourth-order valence-electron chi connectivity index (χ4n) is 0.867. The molecule has 0 bridgehead atoms. The van der Waals surface area contributed by atoms with Gasteiger partial charge in [-0.05, 0) is 11.0 Å². The predicted octanol–water partition coefficient (Wildman–Crippen LogP) is -0.826. The van der Waals surface area contributed by atoms with E-state index in [2.05, 4.69) is 5.16 Å². The molecule has 0 aliphatic heterocycles. The van der Waals surface area contributed by atoms with Gasteiger partial charge >= 0.3 is 7.12 Å². The van der Waals surface area contributed by atoms with E-state index in [1.54, 1.807) is 18.2 Å². The van der Waals surface area contributed by atoms with Crippen LogP contribution in [0.1, 0.15) is 5.56 Å². The second-order valence-corrected chi connectivity index (χ2v) is 2.29. The fourth-order valence-corrected chi connectivity index (χ4v) is 0.867. The molecular formula is C7H8BNO3. The molecule has 0 amide bonds. The Bertz CT molecular complexity index is 288. The van der Waals surface area contributed by atoms with Crippen molar-refractivity contribution in [2.45, 2.75) is 0 Å². The van der Waals surface area contributed by atoms with Crippen LogP contribution in [0.5, 0.6) is 0 Å². The highest BCUT2D eigenvalue weighted by Gasteiger charge is 2.09. The standard InChI is InChI=1S/C7H8BNO3/c10-8(11)7-3-1-2-6(4-7)5-9-12/h1-5,10-12H/b9-5-. The predicted molar refractivity (Wildman–Crippen MR) is 45.6 cm³/mol. The Morgan fingerprint density at radius 2 is 2.08 bits per heavy atom. The minimum Gasteiger partial charge on any atom is -0.423 e. The van der Waals surface area contributed by atoms with E-state index in [1.165, 1.54) is 12.3 Å². The highest BCUT2D eigenvalue weighted by molar-refractivity contribution is 6.58. The van der Waals surface area contributed by atoms with Crippen molar-refractivity contribution >= 4 is 18.8 Å². The van der Waals surface area contributed by atoms with E-state index in [4.69, 9.17) is 15.3 Å². The van der Waals surface area contributed by atoms with Gasteiger partial charge in [0, 0.05) is 0 Å². The average molecular weight is 165 g/mol. The zero-order valence-corrected chi connectivity index (χ0v) is 6.25. The van der Waals surface area contributed by atoms with E-state index in [1.807, 2.05) is 0 Å². The van der Waals surface area contributed by atoms with Gasteiger partial charge in [-0.15, -0.1) is 0 Å².